The van der Waals surface area contributed by atoms with Crippen molar-refractivity contribution < 1.29 is 17.9 Å². The van der Waals surface area contributed by atoms with Crippen molar-refractivity contribution in [1.29, 1.82) is 0 Å². The Kier molecular flexibility index (Phi) is 4.57. The Hall–Kier alpha value is -1.97. The van der Waals surface area contributed by atoms with Gasteiger partial charge in [-0.2, -0.15) is 13.2 Å². The molecule has 3 rings (SSSR count). The summed E-state index contributed by atoms with van der Waals surface area (Å²) in [6.07, 6.45) is -0.707. The molecule has 0 N–H and O–H groups in total. The molecule has 0 radical (unpaired) electrons. The van der Waals surface area contributed by atoms with Gasteiger partial charge in [-0.1, -0.05) is 37.6 Å². The van der Waals surface area contributed by atoms with Gasteiger partial charge >= 0.3 is 6.18 Å². The fraction of sp³-hybridized carbons (Fsp3) is 0.400. The fourth-order valence-electron chi connectivity index (χ4n) is 3.14. The van der Waals surface area contributed by atoms with E-state index in [1.54, 1.807) is 0 Å². The molecule has 2 aromatic rings. The quantitative estimate of drug-likeness (QED) is 0.662. The monoisotopic (exact) mass is 334 g/mol. The number of benzene rings is 2. The third-order valence-corrected chi connectivity index (χ3v) is 4.40. The van der Waals surface area contributed by atoms with E-state index in [1.165, 1.54) is 17.7 Å². The number of rotatable bonds is 4. The van der Waals surface area contributed by atoms with Crippen molar-refractivity contribution in [2.75, 3.05) is 0 Å². The van der Waals surface area contributed by atoms with Crippen LogP contribution in [0.2, 0.25) is 0 Å². The molecule has 0 amide bonds. The average Bonchev–Trinajstić information content (AvgIpc) is 2.92. The van der Waals surface area contributed by atoms with Crippen molar-refractivity contribution in [1.82, 2.24) is 0 Å². The van der Waals surface area contributed by atoms with E-state index in [-0.39, 0.29) is 6.10 Å². The van der Waals surface area contributed by atoms with Gasteiger partial charge in [0.25, 0.3) is 0 Å². The second-order valence-electron chi connectivity index (χ2n) is 6.44. The molecule has 0 spiro atoms. The molecule has 0 saturated carbocycles. The van der Waals surface area contributed by atoms with Gasteiger partial charge < -0.3 is 4.74 Å². The van der Waals surface area contributed by atoms with Crippen LogP contribution in [0.1, 0.15) is 43.4 Å². The number of alkyl halides is 3. The average molecular weight is 334 g/mol. The molecule has 0 bridgehead atoms. The Bertz CT molecular complexity index is 717. The van der Waals surface area contributed by atoms with Gasteiger partial charge in [0.15, 0.2) is 0 Å². The number of unbranched alkanes of at least 4 members (excludes halogenated alkanes) is 1. The molecule has 0 aromatic heterocycles. The minimum absolute atomic E-state index is 0.0916. The minimum Gasteiger partial charge on any atom is -0.489 e. The molecule has 1 unspecified atom stereocenters. The van der Waals surface area contributed by atoms with Crippen LogP contribution in [0.25, 0.3) is 11.1 Å². The molecule has 1 heterocycles. The normalized spacial score (nSPS) is 16.8. The first kappa shape index (κ1) is 16.9. The van der Waals surface area contributed by atoms with Gasteiger partial charge in [0.2, 0.25) is 0 Å². The molecule has 2 aromatic carbocycles. The molecule has 1 nitrogen and oxygen atoms in total. The third kappa shape index (κ3) is 3.42. The van der Waals surface area contributed by atoms with Crippen molar-refractivity contribution in [2.45, 2.75) is 51.8 Å². The summed E-state index contributed by atoms with van der Waals surface area (Å²) in [5.74, 6) is 0.594. The summed E-state index contributed by atoms with van der Waals surface area (Å²) >= 11 is 0. The molecule has 1 atom stereocenters. The number of hydrogen-bond donors (Lipinski definition) is 0. The first-order chi connectivity index (χ1) is 11.4. The van der Waals surface area contributed by atoms with E-state index < -0.39 is 11.7 Å². The molecular formula is C20H21F3O. The number of aryl methyl sites for hydroxylation is 1. The van der Waals surface area contributed by atoms with Crippen molar-refractivity contribution in [2.24, 2.45) is 0 Å². The Morgan fingerprint density at radius 1 is 1.12 bits per heavy atom. The summed E-state index contributed by atoms with van der Waals surface area (Å²) in [6, 6.07) is 10.2. The van der Waals surface area contributed by atoms with Crippen LogP contribution in [0.15, 0.2) is 36.4 Å². The van der Waals surface area contributed by atoms with Gasteiger partial charge in [-0.25, -0.2) is 0 Å². The van der Waals surface area contributed by atoms with Gasteiger partial charge in [-0.3, -0.25) is 0 Å². The Balaban J connectivity index is 2.02. The molecule has 4 heteroatoms. The zero-order valence-corrected chi connectivity index (χ0v) is 13.9. The number of hydrogen-bond acceptors (Lipinski definition) is 1. The van der Waals surface area contributed by atoms with Gasteiger partial charge in [-0.15, -0.1) is 0 Å². The maximum absolute atomic E-state index is 13.2. The summed E-state index contributed by atoms with van der Waals surface area (Å²) in [6.45, 7) is 4.02. The minimum atomic E-state index is -4.35. The van der Waals surface area contributed by atoms with Crippen LogP contribution < -0.4 is 4.74 Å². The van der Waals surface area contributed by atoms with Gasteiger partial charge in [0.1, 0.15) is 11.9 Å². The van der Waals surface area contributed by atoms with Crippen LogP contribution >= 0.6 is 0 Å². The molecule has 1 aliphatic heterocycles. The lowest BCUT2D eigenvalue weighted by atomic mass is 9.96. The van der Waals surface area contributed by atoms with E-state index in [0.29, 0.717) is 23.3 Å². The molecule has 128 valence electrons. The largest absolute Gasteiger partial charge is 0.489 e. The van der Waals surface area contributed by atoms with Crippen LogP contribution in [-0.2, 0) is 19.0 Å². The van der Waals surface area contributed by atoms with E-state index in [2.05, 4.69) is 6.92 Å². The standard InChI is InChI=1S/C20H21F3O/c1-3-4-5-14-6-8-15(9-7-14)18-12-17(20(21,22)23)11-16-10-13(2)24-19(16)18/h6-9,11-13H,3-5,10H2,1-2H3. The highest BCUT2D eigenvalue weighted by atomic mass is 19.4. The van der Waals surface area contributed by atoms with Gasteiger partial charge in [-0.05, 0) is 48.6 Å². The van der Waals surface area contributed by atoms with Crippen LogP contribution in [0, 0.1) is 0 Å². The van der Waals surface area contributed by atoms with E-state index in [4.69, 9.17) is 4.74 Å². The van der Waals surface area contributed by atoms with Crippen LogP contribution in [-0.4, -0.2) is 6.10 Å². The van der Waals surface area contributed by atoms with Crippen molar-refractivity contribution in [3.05, 3.63) is 53.1 Å². The number of halogens is 3. The summed E-state index contributed by atoms with van der Waals surface area (Å²) < 4.78 is 45.4. The molecule has 0 aliphatic carbocycles. The molecule has 0 fully saturated rings. The fourth-order valence-corrected chi connectivity index (χ4v) is 3.14. The summed E-state index contributed by atoms with van der Waals surface area (Å²) in [4.78, 5) is 0. The van der Waals surface area contributed by atoms with Crippen molar-refractivity contribution >= 4 is 0 Å². The summed E-state index contributed by atoms with van der Waals surface area (Å²) in [5.41, 5.74) is 2.54. The zero-order valence-electron chi connectivity index (χ0n) is 13.9. The second kappa shape index (κ2) is 6.50. The Morgan fingerprint density at radius 2 is 1.83 bits per heavy atom. The topological polar surface area (TPSA) is 9.23 Å². The first-order valence-electron chi connectivity index (χ1n) is 8.38. The van der Waals surface area contributed by atoms with E-state index in [0.717, 1.165) is 24.8 Å². The van der Waals surface area contributed by atoms with Crippen LogP contribution in [0.3, 0.4) is 0 Å². The zero-order chi connectivity index (χ0) is 17.3. The van der Waals surface area contributed by atoms with Crippen molar-refractivity contribution in [3.63, 3.8) is 0 Å². The molecule has 24 heavy (non-hydrogen) atoms. The summed E-state index contributed by atoms with van der Waals surface area (Å²) in [5, 5.41) is 0. The highest BCUT2D eigenvalue weighted by Gasteiger charge is 2.34. The van der Waals surface area contributed by atoms with Crippen LogP contribution in [0.5, 0.6) is 5.75 Å². The van der Waals surface area contributed by atoms with Crippen molar-refractivity contribution in [3.8, 4) is 16.9 Å². The predicted molar refractivity (Wildman–Crippen MR) is 89.3 cm³/mol. The lowest BCUT2D eigenvalue weighted by Gasteiger charge is -2.14. The number of fused-ring (bicyclic) bond motifs is 1. The third-order valence-electron chi connectivity index (χ3n) is 4.40. The highest BCUT2D eigenvalue weighted by molar-refractivity contribution is 5.74. The SMILES string of the molecule is CCCCc1ccc(-c2cc(C(F)(F)F)cc3c2OC(C)C3)cc1. The smallest absolute Gasteiger partial charge is 0.416 e. The van der Waals surface area contributed by atoms with E-state index in [1.807, 2.05) is 31.2 Å². The highest BCUT2D eigenvalue weighted by Crippen LogP contribution is 2.43. The van der Waals surface area contributed by atoms with E-state index in [9.17, 15) is 13.2 Å². The van der Waals surface area contributed by atoms with Crippen LogP contribution in [0.4, 0.5) is 13.2 Å². The first-order valence-corrected chi connectivity index (χ1v) is 8.38. The van der Waals surface area contributed by atoms with Gasteiger partial charge in [0, 0.05) is 12.0 Å². The Labute approximate surface area is 140 Å². The molecule has 0 saturated heterocycles. The maximum Gasteiger partial charge on any atom is 0.416 e. The molecular weight excluding hydrogens is 313 g/mol. The van der Waals surface area contributed by atoms with E-state index >= 15 is 0 Å². The lowest BCUT2D eigenvalue weighted by Crippen LogP contribution is -2.05. The van der Waals surface area contributed by atoms with Gasteiger partial charge in [0.05, 0.1) is 5.56 Å². The molecule has 1 aliphatic rings. The predicted octanol–water partition coefficient (Wildman–Crippen LogP) is 6.04. The maximum atomic E-state index is 13.2. The number of ether oxygens (including phenoxy) is 1. The lowest BCUT2D eigenvalue weighted by molar-refractivity contribution is -0.137. The summed E-state index contributed by atoms with van der Waals surface area (Å²) in [7, 11) is 0. The Morgan fingerprint density at radius 3 is 2.46 bits per heavy atom. The second-order valence-corrected chi connectivity index (χ2v) is 6.44.